The molecular formula is C13H20N2O3S. The van der Waals surface area contributed by atoms with Crippen LogP contribution in [0, 0.1) is 6.92 Å². The molecule has 1 aromatic rings. The second kappa shape index (κ2) is 5.48. The fraction of sp³-hybridized carbons (Fsp3) is 0.538. The third-order valence-electron chi connectivity index (χ3n) is 3.55. The summed E-state index contributed by atoms with van der Waals surface area (Å²) < 4.78 is 31.8. The van der Waals surface area contributed by atoms with E-state index in [2.05, 4.69) is 0 Å². The predicted molar refractivity (Wildman–Crippen MR) is 74.4 cm³/mol. The number of nitrogen functional groups attached to an aromatic ring is 1. The normalized spacial score (nSPS) is 21.5. The number of piperidine rings is 1. The van der Waals surface area contributed by atoms with E-state index < -0.39 is 10.0 Å². The number of nitrogens with two attached hydrogens (primary N) is 1. The molecule has 0 spiro atoms. The molecule has 1 atom stereocenters. The van der Waals surface area contributed by atoms with Crippen LogP contribution in [0.1, 0.15) is 18.4 Å². The number of hydrogen-bond donors (Lipinski definition) is 1. The quantitative estimate of drug-likeness (QED) is 0.851. The van der Waals surface area contributed by atoms with Crippen molar-refractivity contribution >= 4 is 15.7 Å². The Balaban J connectivity index is 2.28. The standard InChI is InChI=1S/C13H20N2O3S/c1-10-8-12(5-6-13(10)14)19(16,17)15-7-3-4-11(9-15)18-2/h5-6,8,11H,3-4,7,9,14H2,1-2H3. The van der Waals surface area contributed by atoms with Crippen LogP contribution in [0.3, 0.4) is 0 Å². The van der Waals surface area contributed by atoms with Gasteiger partial charge in [0.25, 0.3) is 0 Å². The van der Waals surface area contributed by atoms with Crippen LogP contribution in [-0.2, 0) is 14.8 Å². The second-order valence-corrected chi connectivity index (χ2v) is 6.82. The van der Waals surface area contributed by atoms with Gasteiger partial charge in [0, 0.05) is 25.9 Å². The number of benzene rings is 1. The molecule has 1 aliphatic rings. The highest BCUT2D eigenvalue weighted by molar-refractivity contribution is 7.89. The molecule has 0 bridgehead atoms. The van der Waals surface area contributed by atoms with Crippen molar-refractivity contribution in [3.05, 3.63) is 23.8 Å². The lowest BCUT2D eigenvalue weighted by Gasteiger charge is -2.31. The highest BCUT2D eigenvalue weighted by Crippen LogP contribution is 2.24. The Morgan fingerprint density at radius 1 is 1.42 bits per heavy atom. The summed E-state index contributed by atoms with van der Waals surface area (Å²) in [5.74, 6) is 0. The summed E-state index contributed by atoms with van der Waals surface area (Å²) >= 11 is 0. The summed E-state index contributed by atoms with van der Waals surface area (Å²) in [6.45, 7) is 2.77. The Labute approximate surface area is 114 Å². The van der Waals surface area contributed by atoms with Crippen LogP contribution >= 0.6 is 0 Å². The summed E-state index contributed by atoms with van der Waals surface area (Å²) in [5, 5.41) is 0. The number of aryl methyl sites for hydroxylation is 1. The number of anilines is 1. The molecule has 2 rings (SSSR count). The summed E-state index contributed by atoms with van der Waals surface area (Å²) in [5.41, 5.74) is 7.11. The third kappa shape index (κ3) is 2.91. The van der Waals surface area contributed by atoms with Crippen LogP contribution in [0.15, 0.2) is 23.1 Å². The zero-order chi connectivity index (χ0) is 14.0. The van der Waals surface area contributed by atoms with Crippen molar-refractivity contribution in [3.8, 4) is 0 Å². The molecule has 0 aromatic heterocycles. The van der Waals surface area contributed by atoms with Crippen molar-refractivity contribution in [2.45, 2.75) is 30.8 Å². The number of nitrogens with zero attached hydrogens (tertiary/aromatic N) is 1. The Morgan fingerprint density at radius 2 is 2.16 bits per heavy atom. The van der Waals surface area contributed by atoms with E-state index in [1.807, 2.05) is 6.92 Å². The molecule has 0 saturated carbocycles. The molecule has 0 radical (unpaired) electrons. The highest BCUT2D eigenvalue weighted by Gasteiger charge is 2.30. The molecule has 6 heteroatoms. The number of sulfonamides is 1. The molecule has 0 aliphatic carbocycles. The van der Waals surface area contributed by atoms with Gasteiger partial charge in [-0.25, -0.2) is 8.42 Å². The smallest absolute Gasteiger partial charge is 0.243 e. The van der Waals surface area contributed by atoms with E-state index in [0.717, 1.165) is 18.4 Å². The molecule has 2 N–H and O–H groups in total. The van der Waals surface area contributed by atoms with Gasteiger partial charge in [0.1, 0.15) is 0 Å². The Kier molecular flexibility index (Phi) is 4.13. The maximum atomic E-state index is 12.5. The first-order valence-corrected chi connectivity index (χ1v) is 7.78. The van der Waals surface area contributed by atoms with Crippen LogP contribution in [0.4, 0.5) is 5.69 Å². The van der Waals surface area contributed by atoms with E-state index in [1.54, 1.807) is 25.3 Å². The molecule has 106 valence electrons. The number of rotatable bonds is 3. The van der Waals surface area contributed by atoms with E-state index >= 15 is 0 Å². The van der Waals surface area contributed by atoms with Gasteiger partial charge in [0.2, 0.25) is 10.0 Å². The lowest BCUT2D eigenvalue weighted by atomic mass is 10.1. The van der Waals surface area contributed by atoms with E-state index in [4.69, 9.17) is 10.5 Å². The molecular weight excluding hydrogens is 264 g/mol. The van der Waals surface area contributed by atoms with Crippen molar-refractivity contribution in [2.75, 3.05) is 25.9 Å². The maximum Gasteiger partial charge on any atom is 0.243 e. The first-order valence-electron chi connectivity index (χ1n) is 6.34. The van der Waals surface area contributed by atoms with Gasteiger partial charge in [0.15, 0.2) is 0 Å². The molecule has 19 heavy (non-hydrogen) atoms. The fourth-order valence-electron chi connectivity index (χ4n) is 2.27. The van der Waals surface area contributed by atoms with E-state index in [-0.39, 0.29) is 6.10 Å². The van der Waals surface area contributed by atoms with Gasteiger partial charge in [0.05, 0.1) is 11.0 Å². The van der Waals surface area contributed by atoms with Crippen molar-refractivity contribution in [1.29, 1.82) is 0 Å². The highest BCUT2D eigenvalue weighted by atomic mass is 32.2. The lowest BCUT2D eigenvalue weighted by Crippen LogP contribution is -2.42. The number of ether oxygens (including phenoxy) is 1. The zero-order valence-electron chi connectivity index (χ0n) is 11.3. The van der Waals surface area contributed by atoms with Crippen molar-refractivity contribution in [2.24, 2.45) is 0 Å². The monoisotopic (exact) mass is 284 g/mol. The van der Waals surface area contributed by atoms with E-state index in [9.17, 15) is 8.42 Å². The molecule has 1 saturated heterocycles. The number of methoxy groups -OCH3 is 1. The average Bonchev–Trinajstić information content (AvgIpc) is 2.41. The van der Waals surface area contributed by atoms with Gasteiger partial charge in [-0.15, -0.1) is 0 Å². The Hall–Kier alpha value is -1.11. The lowest BCUT2D eigenvalue weighted by molar-refractivity contribution is 0.0572. The minimum Gasteiger partial charge on any atom is -0.399 e. The van der Waals surface area contributed by atoms with Gasteiger partial charge in [-0.05, 0) is 43.5 Å². The SMILES string of the molecule is COC1CCCN(S(=O)(=O)c2ccc(N)c(C)c2)C1. The molecule has 0 amide bonds. The Bertz CT molecular complexity index is 557. The Morgan fingerprint density at radius 3 is 2.79 bits per heavy atom. The summed E-state index contributed by atoms with van der Waals surface area (Å²) in [4.78, 5) is 0.302. The topological polar surface area (TPSA) is 72.6 Å². The largest absolute Gasteiger partial charge is 0.399 e. The van der Waals surface area contributed by atoms with Crippen LogP contribution in [0.25, 0.3) is 0 Å². The summed E-state index contributed by atoms with van der Waals surface area (Å²) in [7, 11) is -1.83. The minimum atomic E-state index is -3.45. The van der Waals surface area contributed by atoms with Crippen LogP contribution in [-0.4, -0.2) is 39.0 Å². The maximum absolute atomic E-state index is 12.5. The van der Waals surface area contributed by atoms with Gasteiger partial charge < -0.3 is 10.5 Å². The summed E-state index contributed by atoms with van der Waals surface area (Å²) in [6.07, 6.45) is 1.72. The van der Waals surface area contributed by atoms with Crippen LogP contribution in [0.5, 0.6) is 0 Å². The van der Waals surface area contributed by atoms with Gasteiger partial charge in [-0.1, -0.05) is 0 Å². The van der Waals surface area contributed by atoms with Crippen LogP contribution < -0.4 is 5.73 Å². The van der Waals surface area contributed by atoms with Gasteiger partial charge in [-0.2, -0.15) is 4.31 Å². The zero-order valence-corrected chi connectivity index (χ0v) is 12.1. The van der Waals surface area contributed by atoms with Gasteiger partial charge in [-0.3, -0.25) is 0 Å². The van der Waals surface area contributed by atoms with E-state index in [0.29, 0.717) is 23.7 Å². The van der Waals surface area contributed by atoms with Crippen molar-refractivity contribution in [1.82, 2.24) is 4.31 Å². The van der Waals surface area contributed by atoms with Gasteiger partial charge >= 0.3 is 0 Å². The first kappa shape index (κ1) is 14.3. The van der Waals surface area contributed by atoms with Crippen molar-refractivity contribution < 1.29 is 13.2 Å². The average molecular weight is 284 g/mol. The fourth-order valence-corrected chi connectivity index (χ4v) is 3.87. The molecule has 1 aromatic carbocycles. The summed E-state index contributed by atoms with van der Waals surface area (Å²) in [6, 6.07) is 4.83. The van der Waals surface area contributed by atoms with Crippen molar-refractivity contribution in [3.63, 3.8) is 0 Å². The molecule has 1 aliphatic heterocycles. The second-order valence-electron chi connectivity index (χ2n) is 4.88. The first-order chi connectivity index (χ1) is 8.95. The third-order valence-corrected chi connectivity index (χ3v) is 5.41. The predicted octanol–water partition coefficient (Wildman–Crippen LogP) is 1.38. The minimum absolute atomic E-state index is 0.0154. The molecule has 1 unspecified atom stereocenters. The van der Waals surface area contributed by atoms with E-state index in [1.165, 1.54) is 4.31 Å². The molecule has 1 fully saturated rings. The molecule has 1 heterocycles. The van der Waals surface area contributed by atoms with Crippen LogP contribution in [0.2, 0.25) is 0 Å². The molecule has 5 nitrogen and oxygen atoms in total. The number of hydrogen-bond acceptors (Lipinski definition) is 4.